The summed E-state index contributed by atoms with van der Waals surface area (Å²) >= 11 is 12.0. The molecule has 1 aromatic carbocycles. The van der Waals surface area contributed by atoms with Crippen LogP contribution < -0.4 is 11.3 Å². The number of benzene rings is 1. The molecule has 1 atom stereocenters. The number of hydrogen-bond acceptors (Lipinski definition) is 2. The van der Waals surface area contributed by atoms with Crippen molar-refractivity contribution in [1.29, 1.82) is 0 Å². The van der Waals surface area contributed by atoms with Crippen LogP contribution in [0.25, 0.3) is 0 Å². The van der Waals surface area contributed by atoms with Gasteiger partial charge in [0.1, 0.15) is 0 Å². The minimum atomic E-state index is 0.154. The molecule has 1 aliphatic carbocycles. The molecule has 0 saturated heterocycles. The molecule has 1 aromatic rings. The molecule has 2 rings (SSSR count). The Morgan fingerprint density at radius 1 is 1.25 bits per heavy atom. The maximum atomic E-state index is 5.98. The Morgan fingerprint density at radius 3 is 2.31 bits per heavy atom. The highest BCUT2D eigenvalue weighted by atomic mass is 35.5. The highest BCUT2D eigenvalue weighted by Gasteiger charge is 2.22. The second kappa shape index (κ2) is 5.37. The van der Waals surface area contributed by atoms with E-state index in [1.165, 1.54) is 19.3 Å². The molecule has 4 heteroatoms. The Labute approximate surface area is 106 Å². The Bertz CT molecular complexity index is 344. The molecule has 0 radical (unpaired) electrons. The van der Waals surface area contributed by atoms with Gasteiger partial charge in [-0.05, 0) is 36.1 Å². The number of nitrogens with one attached hydrogen (secondary N) is 1. The largest absolute Gasteiger partial charge is 0.271 e. The minimum Gasteiger partial charge on any atom is -0.271 e. The number of nitrogens with two attached hydrogens (primary N) is 1. The molecule has 88 valence electrons. The summed E-state index contributed by atoms with van der Waals surface area (Å²) in [6, 6.07) is 5.75. The molecule has 0 amide bonds. The molecule has 1 saturated carbocycles. The molecule has 3 N–H and O–H groups in total. The molecular formula is C12H16Cl2N2. The van der Waals surface area contributed by atoms with Crippen LogP contribution in [0, 0.1) is 5.92 Å². The summed E-state index contributed by atoms with van der Waals surface area (Å²) in [4.78, 5) is 0. The number of hydrazine groups is 1. The number of hydrogen-bond donors (Lipinski definition) is 2. The van der Waals surface area contributed by atoms with E-state index >= 15 is 0 Å². The average molecular weight is 259 g/mol. The van der Waals surface area contributed by atoms with Gasteiger partial charge in [-0.3, -0.25) is 11.3 Å². The molecule has 1 unspecified atom stereocenters. The van der Waals surface area contributed by atoms with Crippen molar-refractivity contribution in [3.8, 4) is 0 Å². The van der Waals surface area contributed by atoms with E-state index in [1.807, 2.05) is 12.1 Å². The van der Waals surface area contributed by atoms with Crippen LogP contribution in [0.4, 0.5) is 0 Å². The first kappa shape index (κ1) is 12.2. The lowest BCUT2D eigenvalue weighted by Gasteiger charge is -2.29. The lowest BCUT2D eigenvalue weighted by molar-refractivity contribution is 0.262. The molecule has 0 spiro atoms. The van der Waals surface area contributed by atoms with Crippen molar-refractivity contribution in [3.05, 3.63) is 33.8 Å². The molecule has 2 nitrogen and oxygen atoms in total. The van der Waals surface area contributed by atoms with Gasteiger partial charge >= 0.3 is 0 Å². The molecule has 1 fully saturated rings. The summed E-state index contributed by atoms with van der Waals surface area (Å²) in [5.41, 5.74) is 3.93. The van der Waals surface area contributed by atoms with Crippen LogP contribution in [0.1, 0.15) is 37.3 Å². The third-order valence-corrected chi connectivity index (χ3v) is 3.72. The standard InChI is InChI=1S/C12H16Cl2N2/c13-10-5-9(6-11(14)7-10)12(16-15)4-8-2-1-3-8/h5-8,12,16H,1-4,15H2. The quantitative estimate of drug-likeness (QED) is 0.639. The highest BCUT2D eigenvalue weighted by molar-refractivity contribution is 6.34. The fraction of sp³-hybridized carbons (Fsp3) is 0.500. The lowest BCUT2D eigenvalue weighted by atomic mass is 9.80. The van der Waals surface area contributed by atoms with Gasteiger partial charge in [-0.15, -0.1) is 0 Å². The first-order valence-electron chi connectivity index (χ1n) is 5.61. The molecule has 0 bridgehead atoms. The van der Waals surface area contributed by atoms with Gasteiger partial charge in [0.05, 0.1) is 0 Å². The van der Waals surface area contributed by atoms with Gasteiger partial charge in [-0.1, -0.05) is 42.5 Å². The maximum absolute atomic E-state index is 5.98. The van der Waals surface area contributed by atoms with Gasteiger partial charge in [-0.2, -0.15) is 0 Å². The van der Waals surface area contributed by atoms with E-state index in [-0.39, 0.29) is 6.04 Å². The normalized spacial score (nSPS) is 18.2. The number of rotatable bonds is 4. The van der Waals surface area contributed by atoms with E-state index in [0.29, 0.717) is 10.0 Å². The zero-order valence-electron chi connectivity index (χ0n) is 9.05. The fourth-order valence-electron chi connectivity index (χ4n) is 2.14. The number of halogens is 2. The van der Waals surface area contributed by atoms with Gasteiger partial charge in [0.25, 0.3) is 0 Å². The molecular weight excluding hydrogens is 243 g/mol. The van der Waals surface area contributed by atoms with Crippen molar-refractivity contribution >= 4 is 23.2 Å². The van der Waals surface area contributed by atoms with Crippen LogP contribution in [0.3, 0.4) is 0 Å². The zero-order valence-corrected chi connectivity index (χ0v) is 10.6. The van der Waals surface area contributed by atoms with Crippen LogP contribution in [0.15, 0.2) is 18.2 Å². The monoisotopic (exact) mass is 258 g/mol. The Hall–Kier alpha value is -0.280. The molecule has 0 aromatic heterocycles. The van der Waals surface area contributed by atoms with Crippen LogP contribution in [0.5, 0.6) is 0 Å². The van der Waals surface area contributed by atoms with Gasteiger partial charge < -0.3 is 0 Å². The summed E-state index contributed by atoms with van der Waals surface area (Å²) in [5, 5.41) is 1.33. The van der Waals surface area contributed by atoms with Gasteiger partial charge in [0.15, 0.2) is 0 Å². The topological polar surface area (TPSA) is 38.0 Å². The van der Waals surface area contributed by atoms with Crippen molar-refractivity contribution in [2.45, 2.75) is 31.7 Å². The smallest absolute Gasteiger partial charge is 0.0463 e. The van der Waals surface area contributed by atoms with Crippen molar-refractivity contribution in [2.75, 3.05) is 0 Å². The Balaban J connectivity index is 2.11. The van der Waals surface area contributed by atoms with Gasteiger partial charge in [0.2, 0.25) is 0 Å². The molecule has 1 aliphatic rings. The Kier molecular flexibility index (Phi) is 4.09. The molecule has 0 heterocycles. The van der Waals surface area contributed by atoms with Crippen molar-refractivity contribution in [1.82, 2.24) is 5.43 Å². The van der Waals surface area contributed by atoms with Gasteiger partial charge in [0, 0.05) is 16.1 Å². The summed E-state index contributed by atoms with van der Waals surface area (Å²) in [6.07, 6.45) is 5.03. The van der Waals surface area contributed by atoms with Crippen molar-refractivity contribution in [2.24, 2.45) is 11.8 Å². The van der Waals surface area contributed by atoms with Crippen molar-refractivity contribution < 1.29 is 0 Å². The first-order chi connectivity index (χ1) is 7.69. The second-order valence-electron chi connectivity index (χ2n) is 4.45. The average Bonchev–Trinajstić information content (AvgIpc) is 2.14. The first-order valence-corrected chi connectivity index (χ1v) is 6.36. The molecule has 0 aliphatic heterocycles. The fourth-order valence-corrected chi connectivity index (χ4v) is 2.68. The summed E-state index contributed by atoms with van der Waals surface area (Å²) in [6.45, 7) is 0. The third kappa shape index (κ3) is 2.89. The summed E-state index contributed by atoms with van der Waals surface area (Å²) < 4.78 is 0. The van der Waals surface area contributed by atoms with Crippen LogP contribution in [-0.4, -0.2) is 0 Å². The van der Waals surface area contributed by atoms with E-state index in [1.54, 1.807) is 6.07 Å². The van der Waals surface area contributed by atoms with Gasteiger partial charge in [-0.25, -0.2) is 0 Å². The van der Waals surface area contributed by atoms with E-state index in [0.717, 1.165) is 17.9 Å². The minimum absolute atomic E-state index is 0.154. The highest BCUT2D eigenvalue weighted by Crippen LogP contribution is 2.35. The van der Waals surface area contributed by atoms with E-state index in [4.69, 9.17) is 29.0 Å². The second-order valence-corrected chi connectivity index (χ2v) is 5.33. The van der Waals surface area contributed by atoms with E-state index < -0.39 is 0 Å². The zero-order chi connectivity index (χ0) is 11.5. The maximum Gasteiger partial charge on any atom is 0.0463 e. The van der Waals surface area contributed by atoms with E-state index in [2.05, 4.69) is 5.43 Å². The molecule has 16 heavy (non-hydrogen) atoms. The lowest BCUT2D eigenvalue weighted by Crippen LogP contribution is -2.31. The van der Waals surface area contributed by atoms with Crippen LogP contribution in [-0.2, 0) is 0 Å². The van der Waals surface area contributed by atoms with E-state index in [9.17, 15) is 0 Å². The predicted molar refractivity (Wildman–Crippen MR) is 68.5 cm³/mol. The third-order valence-electron chi connectivity index (χ3n) is 3.28. The van der Waals surface area contributed by atoms with Crippen LogP contribution >= 0.6 is 23.2 Å². The SMILES string of the molecule is NNC(CC1CCC1)c1cc(Cl)cc(Cl)c1. The van der Waals surface area contributed by atoms with Crippen molar-refractivity contribution in [3.63, 3.8) is 0 Å². The Morgan fingerprint density at radius 2 is 1.88 bits per heavy atom. The summed E-state index contributed by atoms with van der Waals surface area (Å²) in [7, 11) is 0. The predicted octanol–water partition coefficient (Wildman–Crippen LogP) is 3.69. The summed E-state index contributed by atoms with van der Waals surface area (Å²) in [5.74, 6) is 6.39. The van der Waals surface area contributed by atoms with Crippen LogP contribution in [0.2, 0.25) is 10.0 Å².